The average molecular weight is 872 g/mol. The molecule has 0 radical (unpaired) electrons. The average Bonchev–Trinajstić information content (AvgIpc) is 3.21. The van der Waals surface area contributed by atoms with Crippen LogP contribution in [-0.4, -0.2) is 113 Å². The van der Waals surface area contributed by atoms with E-state index in [0.29, 0.717) is 11.1 Å². The van der Waals surface area contributed by atoms with E-state index in [-0.39, 0.29) is 63.1 Å². The molecule has 0 bridgehead atoms. The molecule has 15 nitrogen and oxygen atoms in total. The summed E-state index contributed by atoms with van der Waals surface area (Å²) in [5.41, 5.74) is 0.623. The van der Waals surface area contributed by atoms with E-state index in [0.717, 1.165) is 6.08 Å². The molecule has 0 unspecified atom stereocenters. The van der Waals surface area contributed by atoms with Gasteiger partial charge in [-0.05, 0) is 57.4 Å². The van der Waals surface area contributed by atoms with Gasteiger partial charge in [0, 0.05) is 46.6 Å². The summed E-state index contributed by atoms with van der Waals surface area (Å²) in [5, 5.41) is 95.5. The Morgan fingerprint density at radius 1 is 0.869 bits per heavy atom. The number of hydrogen-bond acceptors (Lipinski definition) is 13. The van der Waals surface area contributed by atoms with Crippen LogP contribution in [0.3, 0.4) is 0 Å². The van der Waals surface area contributed by atoms with Gasteiger partial charge in [0.15, 0.2) is 11.5 Å². The fourth-order valence-electron chi connectivity index (χ4n) is 6.30. The predicted molar refractivity (Wildman–Crippen MR) is 230 cm³/mol. The lowest BCUT2D eigenvalue weighted by Gasteiger charge is -2.39. The highest BCUT2D eigenvalue weighted by atomic mass is 35.5. The van der Waals surface area contributed by atoms with Crippen molar-refractivity contribution in [3.05, 3.63) is 94.6 Å². The molecule has 1 saturated heterocycles. The summed E-state index contributed by atoms with van der Waals surface area (Å²) in [5.74, 6) is -4.10. The fourth-order valence-corrected chi connectivity index (χ4v) is 6.58. The quantitative estimate of drug-likeness (QED) is 0.0390. The van der Waals surface area contributed by atoms with E-state index in [1.54, 1.807) is 65.0 Å². The number of Topliss-reactive ketones (excluding diaryl/α,β-unsaturated/α-hetero) is 1. The van der Waals surface area contributed by atoms with Crippen molar-refractivity contribution in [2.45, 2.75) is 110 Å². The minimum atomic E-state index is -1.70. The normalized spacial score (nSPS) is 23.4. The maximum atomic E-state index is 12.9. The summed E-state index contributed by atoms with van der Waals surface area (Å²) >= 11 is 6.63. The van der Waals surface area contributed by atoms with E-state index in [9.17, 15) is 55.2 Å². The van der Waals surface area contributed by atoms with Crippen LogP contribution in [0.25, 0.3) is 10.8 Å². The Morgan fingerprint density at radius 2 is 1.52 bits per heavy atom. The number of rotatable bonds is 19. The molecule has 0 aromatic heterocycles. The second-order valence-electron chi connectivity index (χ2n) is 15.5. The number of carboxylic acids is 1. The number of allylic oxidation sites excluding steroid dienone is 5. The van der Waals surface area contributed by atoms with Crippen LogP contribution < -0.4 is 10.1 Å². The van der Waals surface area contributed by atoms with Crippen LogP contribution in [0.4, 0.5) is 5.69 Å². The summed E-state index contributed by atoms with van der Waals surface area (Å²) in [6.45, 7) is 11.3. The van der Waals surface area contributed by atoms with Crippen molar-refractivity contribution in [1.82, 2.24) is 0 Å². The standard InChI is InChI=1S/C45H58ClNO14/c1-22(33(50)21-34(51)23(2)14-16-29(48)17-15-24(3)38(53)26(5)18-27(6)44(58)59)12-10-8-9-11-13-35(52)47-37-36(46)43(31-20-32(49)25(4)19-30(31)40(37)55)61-45-42(57)41(56)39(54)28(7)60-45/h8-15,17-20,22,24,26,28-29,33,38-39,41-42,45,48-50,53-57H,16,21H2,1-7H3,(H,47,52)(H,58,59)/b9-8-,12-10+,13-11-,17-15+,23-14+,27-18+/t22-,24-,26-,28-,29-,33-,38-,39+,41+,42+,45-/m0/s1. The van der Waals surface area contributed by atoms with Crippen molar-refractivity contribution in [2.24, 2.45) is 17.8 Å². The van der Waals surface area contributed by atoms with Crippen LogP contribution in [-0.2, 0) is 19.1 Å². The lowest BCUT2D eigenvalue weighted by molar-refractivity contribution is -0.267. The van der Waals surface area contributed by atoms with Gasteiger partial charge in [0.1, 0.15) is 40.5 Å². The SMILES string of the molecule is C/C(=C\[C@H](C)[C@@H](O)[C@@H](C)/C=C/[C@@H](O)C/C=C(\C)C(=O)C[C@H](O)[C@@H](C)/C=C/C=C\C=C/C(=O)Nc1c(Cl)c(O[C@@H]2O[C@@H](C)[C@@H](O)[C@@H](O)[C@H]2O)c2cc(O)c(C)cc2c1O)C(=O)O. The van der Waals surface area contributed by atoms with Gasteiger partial charge in [-0.1, -0.05) is 87.1 Å². The summed E-state index contributed by atoms with van der Waals surface area (Å²) in [6, 6.07) is 2.71. The number of aryl methyl sites for hydroxylation is 1. The molecule has 0 spiro atoms. The number of hydrogen-bond donors (Lipinski definition) is 10. The van der Waals surface area contributed by atoms with Crippen molar-refractivity contribution in [2.75, 3.05) is 5.32 Å². The van der Waals surface area contributed by atoms with Crippen molar-refractivity contribution < 1.29 is 69.8 Å². The number of ether oxygens (including phenoxy) is 2. The third-order valence-electron chi connectivity index (χ3n) is 10.4. The first-order valence-electron chi connectivity index (χ1n) is 19.8. The molecule has 10 N–H and O–H groups in total. The number of benzene rings is 2. The number of aliphatic hydroxyl groups excluding tert-OH is 6. The van der Waals surface area contributed by atoms with Crippen LogP contribution in [0.5, 0.6) is 17.2 Å². The van der Waals surface area contributed by atoms with Gasteiger partial charge in [-0.2, -0.15) is 0 Å². The number of fused-ring (bicyclic) bond motifs is 1. The molecule has 2 aromatic carbocycles. The Bertz CT molecular complexity index is 2070. The van der Waals surface area contributed by atoms with Gasteiger partial charge in [0.2, 0.25) is 12.2 Å². The predicted octanol–water partition coefficient (Wildman–Crippen LogP) is 4.90. The van der Waals surface area contributed by atoms with Gasteiger partial charge in [-0.15, -0.1) is 0 Å². The van der Waals surface area contributed by atoms with Crippen molar-refractivity contribution in [3.8, 4) is 17.2 Å². The third kappa shape index (κ3) is 13.8. The molecule has 11 atom stereocenters. The molecule has 1 heterocycles. The maximum absolute atomic E-state index is 12.9. The molecule has 334 valence electrons. The number of ketones is 1. The van der Waals surface area contributed by atoms with Crippen molar-refractivity contribution in [1.29, 1.82) is 0 Å². The molecule has 1 fully saturated rings. The molecular weight excluding hydrogens is 814 g/mol. The van der Waals surface area contributed by atoms with E-state index in [1.807, 2.05) is 0 Å². The number of carbonyl (C=O) groups excluding carboxylic acids is 2. The lowest BCUT2D eigenvalue weighted by Crippen LogP contribution is -2.58. The Kier molecular flexibility index (Phi) is 18.9. The highest BCUT2D eigenvalue weighted by Crippen LogP contribution is 2.49. The maximum Gasteiger partial charge on any atom is 0.330 e. The highest BCUT2D eigenvalue weighted by molar-refractivity contribution is 6.37. The van der Waals surface area contributed by atoms with Crippen LogP contribution in [0.15, 0.2) is 84.0 Å². The number of carboxylic acid groups (broad SMARTS) is 1. The molecular formula is C45H58ClNO14. The van der Waals surface area contributed by atoms with Crippen molar-refractivity contribution in [3.63, 3.8) is 0 Å². The third-order valence-corrected chi connectivity index (χ3v) is 10.8. The molecule has 1 aliphatic heterocycles. The van der Waals surface area contributed by atoms with E-state index >= 15 is 0 Å². The van der Waals surface area contributed by atoms with E-state index in [2.05, 4.69) is 5.32 Å². The number of halogens is 1. The molecule has 1 aliphatic rings. The Hall–Kier alpha value is -4.84. The first kappa shape index (κ1) is 50.5. The summed E-state index contributed by atoms with van der Waals surface area (Å²) in [4.78, 5) is 36.8. The van der Waals surface area contributed by atoms with Gasteiger partial charge in [0.05, 0.1) is 24.4 Å². The van der Waals surface area contributed by atoms with Gasteiger partial charge < -0.3 is 60.7 Å². The van der Waals surface area contributed by atoms with Gasteiger partial charge >= 0.3 is 5.97 Å². The van der Waals surface area contributed by atoms with Crippen LogP contribution in [0, 0.1) is 24.7 Å². The number of aromatic hydroxyl groups is 2. The second kappa shape index (κ2) is 22.8. The summed E-state index contributed by atoms with van der Waals surface area (Å²) in [7, 11) is 0. The first-order valence-corrected chi connectivity index (χ1v) is 20.1. The van der Waals surface area contributed by atoms with E-state index in [1.165, 1.54) is 50.3 Å². The minimum Gasteiger partial charge on any atom is -0.508 e. The highest BCUT2D eigenvalue weighted by Gasteiger charge is 2.43. The Labute approximate surface area is 359 Å². The fraction of sp³-hybridized carbons (Fsp3) is 0.444. The zero-order valence-electron chi connectivity index (χ0n) is 35.1. The van der Waals surface area contributed by atoms with E-state index in [4.69, 9.17) is 26.2 Å². The molecule has 3 rings (SSSR count). The van der Waals surface area contributed by atoms with Crippen LogP contribution in [0.1, 0.15) is 59.9 Å². The second-order valence-corrected chi connectivity index (χ2v) is 15.8. The molecule has 16 heteroatoms. The molecule has 0 aliphatic carbocycles. The Balaban J connectivity index is 1.58. The number of aliphatic hydroxyl groups is 6. The monoisotopic (exact) mass is 871 g/mol. The summed E-state index contributed by atoms with van der Waals surface area (Å²) < 4.78 is 11.4. The smallest absolute Gasteiger partial charge is 0.330 e. The number of phenols is 2. The molecule has 2 aromatic rings. The van der Waals surface area contributed by atoms with Gasteiger partial charge in [0.25, 0.3) is 0 Å². The van der Waals surface area contributed by atoms with Crippen LogP contribution >= 0.6 is 11.6 Å². The summed E-state index contributed by atoms with van der Waals surface area (Å²) in [6.07, 6.45) is 5.11. The molecule has 0 saturated carbocycles. The van der Waals surface area contributed by atoms with Gasteiger partial charge in [-0.3, -0.25) is 9.59 Å². The number of anilines is 1. The number of aliphatic carboxylic acids is 1. The molecule has 61 heavy (non-hydrogen) atoms. The largest absolute Gasteiger partial charge is 0.508 e. The zero-order valence-corrected chi connectivity index (χ0v) is 35.9. The number of nitrogens with one attached hydrogen (secondary N) is 1. The number of amides is 1. The van der Waals surface area contributed by atoms with Crippen LogP contribution in [0.2, 0.25) is 5.02 Å². The zero-order chi connectivity index (χ0) is 45.9. The van der Waals surface area contributed by atoms with Crippen molar-refractivity contribution >= 4 is 45.7 Å². The Morgan fingerprint density at radius 3 is 2.18 bits per heavy atom. The lowest BCUT2D eigenvalue weighted by atomic mass is 9.91. The number of carbonyl (C=O) groups is 3. The minimum absolute atomic E-state index is 0.105. The van der Waals surface area contributed by atoms with E-state index < -0.39 is 78.5 Å². The topological polar surface area (TPSA) is 264 Å². The first-order chi connectivity index (χ1) is 28.5. The van der Waals surface area contributed by atoms with Gasteiger partial charge in [-0.25, -0.2) is 4.79 Å². The number of phenolic OH excluding ortho intramolecular Hbond substituents is 2. The molecule has 1 amide bonds.